The predicted octanol–water partition coefficient (Wildman–Crippen LogP) is 4.03. The van der Waals surface area contributed by atoms with Crippen LogP contribution in [-0.2, 0) is 0 Å². The van der Waals surface area contributed by atoms with E-state index in [9.17, 15) is 4.39 Å². The van der Waals surface area contributed by atoms with Crippen LogP contribution in [0.4, 0.5) is 4.39 Å². The molecule has 0 aliphatic carbocycles. The second-order valence-electron chi connectivity index (χ2n) is 3.90. The number of rotatable bonds is 2. The van der Waals surface area contributed by atoms with E-state index in [1.807, 2.05) is 30.8 Å². The van der Waals surface area contributed by atoms with Crippen LogP contribution >= 0.6 is 15.9 Å². The molecule has 1 aromatic heterocycles. The molecule has 0 amide bonds. The number of aromatic nitrogens is 2. The van der Waals surface area contributed by atoms with Crippen molar-refractivity contribution >= 4 is 15.9 Å². The number of benzene rings is 1. The second kappa shape index (κ2) is 4.37. The van der Waals surface area contributed by atoms with Crippen molar-refractivity contribution in [3.05, 3.63) is 40.9 Å². The van der Waals surface area contributed by atoms with E-state index in [2.05, 4.69) is 21.0 Å². The lowest BCUT2D eigenvalue weighted by atomic mass is 10.1. The monoisotopic (exact) mass is 282 g/mol. The quantitative estimate of drug-likeness (QED) is 0.813. The lowest BCUT2D eigenvalue weighted by Gasteiger charge is -2.04. The van der Waals surface area contributed by atoms with Gasteiger partial charge in [-0.25, -0.2) is 4.39 Å². The van der Waals surface area contributed by atoms with Crippen LogP contribution in [0.15, 0.2) is 35.1 Å². The maximum absolute atomic E-state index is 13.8. The Bertz CT molecular complexity index is 505. The highest BCUT2D eigenvalue weighted by Crippen LogP contribution is 2.27. The number of nitrogens with zero attached hydrogens (tertiary/aromatic N) is 2. The molecule has 2 rings (SSSR count). The van der Waals surface area contributed by atoms with Gasteiger partial charge in [-0.15, -0.1) is 0 Å². The molecule has 0 radical (unpaired) electrons. The molecule has 1 heterocycles. The molecule has 2 nitrogen and oxygen atoms in total. The first-order chi connectivity index (χ1) is 7.59. The van der Waals surface area contributed by atoms with Crippen LogP contribution in [-0.4, -0.2) is 9.78 Å². The largest absolute Gasteiger partial charge is 0.270 e. The van der Waals surface area contributed by atoms with Gasteiger partial charge in [0.05, 0.1) is 10.7 Å². The van der Waals surface area contributed by atoms with E-state index >= 15 is 0 Å². The minimum Gasteiger partial charge on any atom is -0.270 e. The molecule has 0 spiro atoms. The molecule has 0 bridgehead atoms. The topological polar surface area (TPSA) is 17.8 Å². The normalized spacial score (nSPS) is 11.1. The van der Waals surface area contributed by atoms with Crippen molar-refractivity contribution in [1.29, 1.82) is 0 Å². The van der Waals surface area contributed by atoms with Gasteiger partial charge >= 0.3 is 0 Å². The lowest BCUT2D eigenvalue weighted by molar-refractivity contribution is 0.532. The van der Waals surface area contributed by atoms with Crippen molar-refractivity contribution in [3.63, 3.8) is 0 Å². The van der Waals surface area contributed by atoms with E-state index in [-0.39, 0.29) is 11.9 Å². The van der Waals surface area contributed by atoms with Gasteiger partial charge in [0.25, 0.3) is 0 Å². The fourth-order valence-electron chi connectivity index (χ4n) is 1.49. The van der Waals surface area contributed by atoms with Crippen molar-refractivity contribution in [2.45, 2.75) is 19.9 Å². The lowest BCUT2D eigenvalue weighted by Crippen LogP contribution is -1.99. The van der Waals surface area contributed by atoms with E-state index in [1.54, 1.807) is 18.3 Å². The van der Waals surface area contributed by atoms with E-state index in [0.29, 0.717) is 10.0 Å². The van der Waals surface area contributed by atoms with Gasteiger partial charge in [-0.05, 0) is 35.8 Å². The van der Waals surface area contributed by atoms with Gasteiger partial charge in [0, 0.05) is 23.4 Å². The summed E-state index contributed by atoms with van der Waals surface area (Å²) in [6, 6.07) is 5.53. The molecule has 0 unspecified atom stereocenters. The Labute approximate surface area is 102 Å². The first kappa shape index (κ1) is 11.3. The Morgan fingerprint density at radius 1 is 1.38 bits per heavy atom. The molecule has 4 heteroatoms. The summed E-state index contributed by atoms with van der Waals surface area (Å²) in [4.78, 5) is 0. The van der Waals surface area contributed by atoms with Crippen LogP contribution in [0.25, 0.3) is 11.1 Å². The summed E-state index contributed by atoms with van der Waals surface area (Å²) in [5.41, 5.74) is 1.37. The molecular weight excluding hydrogens is 271 g/mol. The third-order valence-corrected chi connectivity index (χ3v) is 3.01. The zero-order chi connectivity index (χ0) is 11.7. The fraction of sp³-hybridized carbons (Fsp3) is 0.250. The summed E-state index contributed by atoms with van der Waals surface area (Å²) in [6.45, 7) is 4.07. The van der Waals surface area contributed by atoms with Gasteiger partial charge in [0.1, 0.15) is 5.82 Å². The molecule has 0 aliphatic heterocycles. The van der Waals surface area contributed by atoms with E-state index in [0.717, 1.165) is 5.56 Å². The molecule has 84 valence electrons. The van der Waals surface area contributed by atoms with Crippen LogP contribution in [0.2, 0.25) is 0 Å². The average Bonchev–Trinajstić information content (AvgIpc) is 2.71. The molecule has 0 saturated carbocycles. The minimum atomic E-state index is -0.245. The van der Waals surface area contributed by atoms with Crippen LogP contribution < -0.4 is 0 Å². The molecule has 0 atom stereocenters. The summed E-state index contributed by atoms with van der Waals surface area (Å²) in [6.07, 6.45) is 3.54. The zero-order valence-electron chi connectivity index (χ0n) is 9.11. The Hall–Kier alpha value is -1.16. The van der Waals surface area contributed by atoms with Gasteiger partial charge in [-0.2, -0.15) is 5.10 Å². The maximum Gasteiger partial charge on any atom is 0.145 e. The minimum absolute atomic E-state index is 0.245. The first-order valence-electron chi connectivity index (χ1n) is 5.08. The van der Waals surface area contributed by atoms with Crippen LogP contribution in [0.1, 0.15) is 19.9 Å². The second-order valence-corrected chi connectivity index (χ2v) is 4.76. The van der Waals surface area contributed by atoms with E-state index in [4.69, 9.17) is 0 Å². The Morgan fingerprint density at radius 2 is 2.12 bits per heavy atom. The number of hydrogen-bond donors (Lipinski definition) is 0. The van der Waals surface area contributed by atoms with Crippen molar-refractivity contribution in [1.82, 2.24) is 9.78 Å². The highest BCUT2D eigenvalue weighted by molar-refractivity contribution is 9.10. The summed E-state index contributed by atoms with van der Waals surface area (Å²) in [7, 11) is 0. The summed E-state index contributed by atoms with van der Waals surface area (Å²) >= 11 is 3.18. The Balaban J connectivity index is 2.47. The molecular formula is C12H12BrFN2. The van der Waals surface area contributed by atoms with Crippen LogP contribution in [0.3, 0.4) is 0 Å². The predicted molar refractivity (Wildman–Crippen MR) is 65.7 cm³/mol. The number of halogens is 2. The summed E-state index contributed by atoms with van der Waals surface area (Å²) < 4.78 is 16.1. The Kier molecular flexibility index (Phi) is 3.10. The van der Waals surface area contributed by atoms with Gasteiger partial charge in [-0.1, -0.05) is 12.1 Å². The Morgan fingerprint density at radius 3 is 2.75 bits per heavy atom. The average molecular weight is 283 g/mol. The first-order valence-corrected chi connectivity index (χ1v) is 5.87. The summed E-state index contributed by atoms with van der Waals surface area (Å²) in [5, 5.41) is 4.20. The molecule has 0 fully saturated rings. The molecule has 16 heavy (non-hydrogen) atoms. The van der Waals surface area contributed by atoms with Crippen molar-refractivity contribution in [2.75, 3.05) is 0 Å². The van der Waals surface area contributed by atoms with Gasteiger partial charge in [0.15, 0.2) is 0 Å². The molecule has 1 aromatic carbocycles. The fourth-order valence-corrected chi connectivity index (χ4v) is 1.85. The van der Waals surface area contributed by atoms with Gasteiger partial charge < -0.3 is 0 Å². The third kappa shape index (κ3) is 2.02. The SMILES string of the molecule is CC(C)n1cc(-c2cccc(Br)c2F)cn1. The zero-order valence-corrected chi connectivity index (χ0v) is 10.7. The van der Waals surface area contributed by atoms with Gasteiger partial charge in [-0.3, -0.25) is 4.68 Å². The van der Waals surface area contributed by atoms with Gasteiger partial charge in [0.2, 0.25) is 0 Å². The van der Waals surface area contributed by atoms with Crippen LogP contribution in [0.5, 0.6) is 0 Å². The number of hydrogen-bond acceptors (Lipinski definition) is 1. The van der Waals surface area contributed by atoms with Crippen molar-refractivity contribution in [3.8, 4) is 11.1 Å². The van der Waals surface area contributed by atoms with E-state index < -0.39 is 0 Å². The highest BCUT2D eigenvalue weighted by Gasteiger charge is 2.10. The van der Waals surface area contributed by atoms with E-state index in [1.165, 1.54) is 0 Å². The third-order valence-electron chi connectivity index (χ3n) is 2.39. The summed E-state index contributed by atoms with van der Waals surface area (Å²) in [5.74, 6) is -0.245. The molecule has 2 aromatic rings. The highest BCUT2D eigenvalue weighted by atomic mass is 79.9. The maximum atomic E-state index is 13.8. The van der Waals surface area contributed by atoms with Crippen LogP contribution in [0, 0.1) is 5.82 Å². The molecule has 0 N–H and O–H groups in total. The van der Waals surface area contributed by atoms with Crippen molar-refractivity contribution in [2.24, 2.45) is 0 Å². The van der Waals surface area contributed by atoms with Crippen molar-refractivity contribution < 1.29 is 4.39 Å². The molecule has 0 aliphatic rings. The smallest absolute Gasteiger partial charge is 0.145 e. The standard InChI is InChI=1S/C12H12BrFN2/c1-8(2)16-7-9(6-15-16)10-4-3-5-11(13)12(10)14/h3-8H,1-2H3. The molecule has 0 saturated heterocycles.